The molecular weight excluding hydrogens is 181 g/mol. The molecule has 3 heteroatoms. The van der Waals surface area contributed by atoms with Crippen molar-refractivity contribution in [3.8, 4) is 0 Å². The van der Waals surface area contributed by atoms with Crippen molar-refractivity contribution in [1.29, 1.82) is 0 Å². The molecule has 1 aromatic carbocycles. The van der Waals surface area contributed by atoms with Gasteiger partial charge in [0, 0.05) is 0 Å². The molecule has 14 heavy (non-hydrogen) atoms. The molecule has 1 N–H and O–H groups in total. The second-order valence-electron chi connectivity index (χ2n) is 2.83. The predicted molar refractivity (Wildman–Crippen MR) is 54.9 cm³/mol. The summed E-state index contributed by atoms with van der Waals surface area (Å²) in [6, 6.07) is 6.11. The van der Waals surface area contributed by atoms with Gasteiger partial charge in [0.05, 0.1) is 5.71 Å². The third-order valence-corrected chi connectivity index (χ3v) is 1.83. The zero-order chi connectivity index (χ0) is 10.4. The number of nitrogens with zero attached hydrogens (tertiary/aromatic N) is 1. The lowest BCUT2D eigenvalue weighted by Gasteiger charge is -1.93. The third kappa shape index (κ3) is 3.01. The molecule has 0 amide bonds. The van der Waals surface area contributed by atoms with E-state index in [-0.39, 0.29) is 5.82 Å². The van der Waals surface area contributed by atoms with E-state index in [2.05, 4.69) is 5.16 Å². The third-order valence-electron chi connectivity index (χ3n) is 1.83. The number of rotatable bonds is 3. The highest BCUT2D eigenvalue weighted by Gasteiger charge is 1.91. The smallest absolute Gasteiger partial charge is 0.123 e. The van der Waals surface area contributed by atoms with E-state index in [1.54, 1.807) is 24.3 Å². The Morgan fingerprint density at radius 3 is 2.57 bits per heavy atom. The van der Waals surface area contributed by atoms with Gasteiger partial charge in [-0.1, -0.05) is 30.3 Å². The lowest BCUT2D eigenvalue weighted by Crippen LogP contribution is -1.88. The van der Waals surface area contributed by atoms with E-state index in [9.17, 15) is 4.39 Å². The van der Waals surface area contributed by atoms with Crippen LogP contribution in [0.5, 0.6) is 0 Å². The Labute approximate surface area is 82.4 Å². The van der Waals surface area contributed by atoms with Gasteiger partial charge in [-0.15, -0.1) is 0 Å². The molecule has 0 heterocycles. The van der Waals surface area contributed by atoms with Crippen LogP contribution in [0.2, 0.25) is 0 Å². The van der Waals surface area contributed by atoms with Crippen LogP contribution in [0.25, 0.3) is 6.08 Å². The second kappa shape index (κ2) is 5.17. The number of hydrogen-bond donors (Lipinski definition) is 1. The Morgan fingerprint density at radius 1 is 1.43 bits per heavy atom. The molecule has 74 valence electrons. The molecular formula is C11H12FNO. The maximum absolute atomic E-state index is 12.5. The first-order chi connectivity index (χ1) is 6.76. The van der Waals surface area contributed by atoms with Crippen molar-refractivity contribution in [2.45, 2.75) is 13.3 Å². The zero-order valence-electron chi connectivity index (χ0n) is 7.94. The molecule has 0 saturated carbocycles. The van der Waals surface area contributed by atoms with Crippen LogP contribution in [0.1, 0.15) is 18.9 Å². The van der Waals surface area contributed by atoms with Crippen LogP contribution in [0.15, 0.2) is 35.5 Å². The summed E-state index contributed by atoms with van der Waals surface area (Å²) >= 11 is 0. The van der Waals surface area contributed by atoms with E-state index in [0.717, 1.165) is 5.56 Å². The summed E-state index contributed by atoms with van der Waals surface area (Å²) < 4.78 is 12.5. The molecule has 2 nitrogen and oxygen atoms in total. The Hall–Kier alpha value is -1.64. The van der Waals surface area contributed by atoms with Crippen molar-refractivity contribution in [2.75, 3.05) is 0 Å². The first-order valence-electron chi connectivity index (χ1n) is 4.41. The van der Waals surface area contributed by atoms with E-state index < -0.39 is 0 Å². The molecule has 1 aromatic rings. The number of allylic oxidation sites excluding steroid dienone is 1. The summed E-state index contributed by atoms with van der Waals surface area (Å²) in [7, 11) is 0. The van der Waals surface area contributed by atoms with Crippen molar-refractivity contribution in [3.63, 3.8) is 0 Å². The topological polar surface area (TPSA) is 32.6 Å². The van der Waals surface area contributed by atoms with Gasteiger partial charge in [-0.3, -0.25) is 0 Å². The molecule has 0 spiro atoms. The Morgan fingerprint density at radius 2 is 2.07 bits per heavy atom. The fraction of sp³-hybridized carbons (Fsp3) is 0.182. The van der Waals surface area contributed by atoms with Crippen molar-refractivity contribution in [3.05, 3.63) is 41.7 Å². The zero-order valence-corrected chi connectivity index (χ0v) is 7.94. The summed E-state index contributed by atoms with van der Waals surface area (Å²) in [4.78, 5) is 0. The molecule has 0 aromatic heterocycles. The quantitative estimate of drug-likeness (QED) is 0.446. The molecule has 0 unspecified atom stereocenters. The monoisotopic (exact) mass is 193 g/mol. The Bertz CT molecular complexity index is 341. The Kier molecular flexibility index (Phi) is 3.85. The molecule has 0 aliphatic heterocycles. The second-order valence-corrected chi connectivity index (χ2v) is 2.83. The highest BCUT2D eigenvalue weighted by atomic mass is 19.1. The summed E-state index contributed by atoms with van der Waals surface area (Å²) in [6.45, 7) is 1.89. The predicted octanol–water partition coefficient (Wildman–Crippen LogP) is 3.08. The van der Waals surface area contributed by atoms with E-state index in [0.29, 0.717) is 12.1 Å². The van der Waals surface area contributed by atoms with Gasteiger partial charge in [0.1, 0.15) is 5.82 Å². The summed E-state index contributed by atoms with van der Waals surface area (Å²) in [5.74, 6) is -0.256. The highest BCUT2D eigenvalue weighted by Crippen LogP contribution is 2.05. The van der Waals surface area contributed by atoms with E-state index in [1.807, 2.05) is 6.92 Å². The lowest BCUT2D eigenvalue weighted by atomic mass is 10.2. The lowest BCUT2D eigenvalue weighted by molar-refractivity contribution is 0.318. The van der Waals surface area contributed by atoms with Gasteiger partial charge in [-0.25, -0.2) is 4.39 Å². The van der Waals surface area contributed by atoms with Crippen LogP contribution in [0, 0.1) is 5.82 Å². The molecule has 0 fully saturated rings. The maximum Gasteiger partial charge on any atom is 0.123 e. The van der Waals surface area contributed by atoms with Gasteiger partial charge in [0.15, 0.2) is 0 Å². The van der Waals surface area contributed by atoms with Crippen molar-refractivity contribution >= 4 is 11.8 Å². The summed E-state index contributed by atoms with van der Waals surface area (Å²) in [5, 5.41) is 11.6. The van der Waals surface area contributed by atoms with Crippen LogP contribution in [0.3, 0.4) is 0 Å². The van der Waals surface area contributed by atoms with Crippen LogP contribution < -0.4 is 0 Å². The van der Waals surface area contributed by atoms with Gasteiger partial charge < -0.3 is 5.21 Å². The normalized spacial score (nSPS) is 12.3. The number of benzene rings is 1. The number of oxime groups is 1. The first-order valence-corrected chi connectivity index (χ1v) is 4.41. The molecule has 0 aliphatic carbocycles. The largest absolute Gasteiger partial charge is 0.411 e. The summed E-state index contributed by atoms with van der Waals surface area (Å²) in [6.07, 6.45) is 4.14. The minimum Gasteiger partial charge on any atom is -0.411 e. The van der Waals surface area contributed by atoms with E-state index in [1.165, 1.54) is 12.1 Å². The number of hydrogen-bond acceptors (Lipinski definition) is 2. The highest BCUT2D eigenvalue weighted by molar-refractivity contribution is 5.97. The van der Waals surface area contributed by atoms with Crippen LogP contribution in [-0.4, -0.2) is 10.9 Å². The van der Waals surface area contributed by atoms with Gasteiger partial charge >= 0.3 is 0 Å². The Balaban J connectivity index is 2.73. The molecule has 0 bridgehead atoms. The van der Waals surface area contributed by atoms with E-state index in [4.69, 9.17) is 5.21 Å². The van der Waals surface area contributed by atoms with Crippen LogP contribution >= 0.6 is 0 Å². The van der Waals surface area contributed by atoms with Crippen molar-refractivity contribution in [1.82, 2.24) is 0 Å². The fourth-order valence-electron chi connectivity index (χ4n) is 0.988. The average Bonchev–Trinajstić information content (AvgIpc) is 2.22. The van der Waals surface area contributed by atoms with Crippen molar-refractivity contribution in [2.24, 2.45) is 5.16 Å². The molecule has 1 rings (SSSR count). The fourth-order valence-corrected chi connectivity index (χ4v) is 0.988. The van der Waals surface area contributed by atoms with Gasteiger partial charge in [-0.05, 0) is 30.2 Å². The molecule has 0 radical (unpaired) electrons. The molecule has 0 saturated heterocycles. The molecule has 0 aliphatic rings. The van der Waals surface area contributed by atoms with Gasteiger partial charge in [0.2, 0.25) is 0 Å². The van der Waals surface area contributed by atoms with Crippen LogP contribution in [-0.2, 0) is 0 Å². The minimum absolute atomic E-state index is 0.256. The van der Waals surface area contributed by atoms with Crippen LogP contribution in [0.4, 0.5) is 4.39 Å². The molecule has 0 atom stereocenters. The minimum atomic E-state index is -0.256. The SMILES string of the molecule is CCC(/C=C/c1ccc(F)cc1)=N/O. The van der Waals surface area contributed by atoms with Gasteiger partial charge in [-0.2, -0.15) is 0 Å². The number of halogens is 1. The average molecular weight is 193 g/mol. The van der Waals surface area contributed by atoms with Gasteiger partial charge in [0.25, 0.3) is 0 Å². The standard InChI is InChI=1S/C11H12FNO/c1-2-11(13-14)8-5-9-3-6-10(12)7-4-9/h3-8,14H,2H2,1H3/b8-5+,13-11-. The summed E-state index contributed by atoms with van der Waals surface area (Å²) in [5.41, 5.74) is 1.47. The maximum atomic E-state index is 12.5. The van der Waals surface area contributed by atoms with E-state index >= 15 is 0 Å². The first kappa shape index (κ1) is 10.4. The van der Waals surface area contributed by atoms with Crippen molar-refractivity contribution < 1.29 is 9.60 Å².